The number of nitrogens with two attached hydrogens (primary N) is 1. The molecule has 1 aromatic heterocycles. The van der Waals surface area contributed by atoms with Gasteiger partial charge in [-0.05, 0) is 60.6 Å². The van der Waals surface area contributed by atoms with Gasteiger partial charge in [0.05, 0.1) is 22.3 Å². The van der Waals surface area contributed by atoms with Crippen molar-refractivity contribution in [1.29, 1.82) is 0 Å². The smallest absolute Gasteiger partial charge is 0.399 e. The maximum absolute atomic E-state index is 14.1. The van der Waals surface area contributed by atoms with Crippen molar-refractivity contribution >= 4 is 21.7 Å². The van der Waals surface area contributed by atoms with Crippen molar-refractivity contribution in [3.05, 3.63) is 90.1 Å². The molecule has 0 amide bonds. The molecule has 0 bridgehead atoms. The van der Waals surface area contributed by atoms with Crippen LogP contribution >= 0.6 is 0 Å². The number of nitrogens with one attached hydrogen (secondary N) is 1. The summed E-state index contributed by atoms with van der Waals surface area (Å²) in [5.74, 6) is -0.749. The summed E-state index contributed by atoms with van der Waals surface area (Å²) < 4.78 is 113. The molecule has 1 saturated carbocycles. The highest BCUT2D eigenvalue weighted by Crippen LogP contribution is 2.42. The van der Waals surface area contributed by atoms with Gasteiger partial charge in [-0.1, -0.05) is 48.5 Å². The first-order valence-corrected chi connectivity index (χ1v) is 14.4. The van der Waals surface area contributed by atoms with Crippen molar-refractivity contribution in [3.8, 4) is 22.4 Å². The molecule has 226 valence electrons. The van der Waals surface area contributed by atoms with Crippen LogP contribution in [0.5, 0.6) is 0 Å². The highest BCUT2D eigenvalue weighted by atomic mass is 32.2. The predicted octanol–water partition coefficient (Wildman–Crippen LogP) is 7.38. The molecule has 3 N–H and O–H groups in total. The van der Waals surface area contributed by atoms with Gasteiger partial charge in [-0.15, -0.1) is 13.2 Å². The van der Waals surface area contributed by atoms with Crippen LogP contribution in [0.4, 0.5) is 38.0 Å². The number of aromatic nitrogens is 2. The summed E-state index contributed by atoms with van der Waals surface area (Å²) in [5.41, 5.74) is 5.59. The van der Waals surface area contributed by atoms with Crippen LogP contribution in [0.1, 0.15) is 36.3 Å². The van der Waals surface area contributed by atoms with E-state index in [1.54, 1.807) is 24.3 Å². The fourth-order valence-corrected chi connectivity index (χ4v) is 6.15. The number of hydrogen-bond donors (Lipinski definition) is 2. The monoisotopic (exact) mass is 622 g/mol. The molecule has 1 heterocycles. The molecule has 0 saturated heterocycles. The van der Waals surface area contributed by atoms with Gasteiger partial charge in [-0.25, -0.2) is 23.1 Å². The number of benzene rings is 3. The Bertz CT molecular complexity index is 1740. The first kappa shape index (κ1) is 30.3. The summed E-state index contributed by atoms with van der Waals surface area (Å²) >= 11 is 0. The quantitative estimate of drug-likeness (QED) is 0.165. The summed E-state index contributed by atoms with van der Waals surface area (Å²) in [4.78, 5) is 8.12. The number of hydrogen-bond acceptors (Lipinski definition) is 6. The van der Waals surface area contributed by atoms with E-state index in [0.717, 1.165) is 6.07 Å². The average Bonchev–Trinajstić information content (AvgIpc) is 3.39. The molecule has 1 aliphatic carbocycles. The minimum absolute atomic E-state index is 0.119. The zero-order valence-corrected chi connectivity index (χ0v) is 23.0. The minimum atomic E-state index is -4.76. The molecule has 43 heavy (non-hydrogen) atoms. The summed E-state index contributed by atoms with van der Waals surface area (Å²) in [5, 5.41) is 0. The fraction of sp³-hybridized carbons (Fsp3) is 0.241. The third kappa shape index (κ3) is 7.08. The van der Waals surface area contributed by atoms with Gasteiger partial charge in [0.15, 0.2) is 0 Å². The molecule has 1 aliphatic rings. The van der Waals surface area contributed by atoms with E-state index in [1.165, 1.54) is 48.7 Å². The van der Waals surface area contributed by atoms with Crippen LogP contribution in [0.2, 0.25) is 0 Å². The van der Waals surface area contributed by atoms with Crippen molar-refractivity contribution in [2.45, 2.75) is 48.7 Å². The Morgan fingerprint density at radius 3 is 2.35 bits per heavy atom. The Hall–Kier alpha value is -4.17. The predicted molar refractivity (Wildman–Crippen MR) is 147 cm³/mol. The van der Waals surface area contributed by atoms with Crippen LogP contribution in [0.25, 0.3) is 22.4 Å². The lowest BCUT2D eigenvalue weighted by Gasteiger charge is -2.18. The van der Waals surface area contributed by atoms with Crippen LogP contribution in [0, 0.1) is 0 Å². The molecule has 7 nitrogen and oxygen atoms in total. The van der Waals surface area contributed by atoms with Crippen molar-refractivity contribution in [2.75, 3.05) is 10.5 Å². The Morgan fingerprint density at radius 1 is 0.884 bits per heavy atom. The second kappa shape index (κ2) is 11.5. The van der Waals surface area contributed by atoms with Crippen LogP contribution < -0.4 is 10.5 Å². The molecule has 0 radical (unpaired) electrons. The molecule has 4 aromatic rings. The molecule has 3 aromatic carbocycles. The fourth-order valence-electron chi connectivity index (χ4n) is 5.14. The topological polar surface area (TPSA) is 107 Å². The second-order valence-electron chi connectivity index (χ2n) is 10.00. The molecule has 2 atom stereocenters. The number of sulfonamides is 1. The SMILES string of the molecule is Nc1cccc(S(=O)(=O)Nc2ncc(-c3cccc([C@H]4CC[C@@H](OC(F)(F)F)C4)c3)c(-c3ccccc3C(F)(F)F)n2)c1. The maximum Gasteiger partial charge on any atom is 0.522 e. The van der Waals surface area contributed by atoms with Crippen molar-refractivity contribution in [3.63, 3.8) is 0 Å². The summed E-state index contributed by atoms with van der Waals surface area (Å²) in [6, 6.07) is 16.7. The second-order valence-corrected chi connectivity index (χ2v) is 11.7. The number of ether oxygens (including phenoxy) is 1. The first-order valence-electron chi connectivity index (χ1n) is 13.0. The highest BCUT2D eigenvalue weighted by Gasteiger charge is 2.38. The van der Waals surface area contributed by atoms with E-state index in [1.807, 2.05) is 0 Å². The van der Waals surface area contributed by atoms with Crippen LogP contribution in [-0.2, 0) is 20.9 Å². The Labute approximate surface area is 242 Å². The maximum atomic E-state index is 14.1. The van der Waals surface area contributed by atoms with E-state index in [2.05, 4.69) is 19.4 Å². The third-order valence-electron chi connectivity index (χ3n) is 7.02. The normalized spacial score (nSPS) is 17.6. The molecule has 1 fully saturated rings. The lowest BCUT2D eigenvalue weighted by Crippen LogP contribution is -2.21. The van der Waals surface area contributed by atoms with E-state index in [4.69, 9.17) is 5.73 Å². The largest absolute Gasteiger partial charge is 0.522 e. The average molecular weight is 623 g/mol. The summed E-state index contributed by atoms with van der Waals surface area (Å²) in [6.45, 7) is 0. The van der Waals surface area contributed by atoms with Crippen LogP contribution in [0.15, 0.2) is 83.9 Å². The van der Waals surface area contributed by atoms with Gasteiger partial charge in [-0.3, -0.25) is 4.74 Å². The molecule has 0 spiro atoms. The summed E-state index contributed by atoms with van der Waals surface area (Å²) in [6.07, 6.45) is -8.57. The third-order valence-corrected chi connectivity index (χ3v) is 8.35. The van der Waals surface area contributed by atoms with Gasteiger partial charge < -0.3 is 5.73 Å². The standard InChI is InChI=1S/C29H24F6N4O3S/c30-28(31,32)25-10-2-1-9-23(25)26-24(16-37-27(38-26)39-43(40,41)22-8-4-7-20(36)15-22)19-6-3-5-17(13-19)18-11-12-21(14-18)42-29(33,34)35/h1-10,13,15-16,18,21H,11-12,14,36H2,(H,37,38,39)/t18-,21+/m0/s1. The lowest BCUT2D eigenvalue weighted by atomic mass is 9.92. The van der Waals surface area contributed by atoms with Gasteiger partial charge in [0.25, 0.3) is 10.0 Å². The Kier molecular flexibility index (Phi) is 8.09. The number of anilines is 2. The summed E-state index contributed by atoms with van der Waals surface area (Å²) in [7, 11) is -4.26. The number of nitrogens with zero attached hydrogens (tertiary/aromatic N) is 2. The zero-order valence-electron chi connectivity index (χ0n) is 22.2. The van der Waals surface area contributed by atoms with Gasteiger partial charge >= 0.3 is 12.5 Å². The van der Waals surface area contributed by atoms with Crippen molar-refractivity contribution < 1.29 is 39.5 Å². The number of halogens is 6. The lowest BCUT2D eigenvalue weighted by molar-refractivity contribution is -0.341. The minimum Gasteiger partial charge on any atom is -0.399 e. The van der Waals surface area contributed by atoms with Gasteiger partial charge in [-0.2, -0.15) is 13.2 Å². The molecular weight excluding hydrogens is 598 g/mol. The highest BCUT2D eigenvalue weighted by molar-refractivity contribution is 7.92. The van der Waals surface area contributed by atoms with Crippen molar-refractivity contribution in [2.24, 2.45) is 0 Å². The van der Waals surface area contributed by atoms with E-state index < -0.39 is 40.2 Å². The Balaban J connectivity index is 1.57. The van der Waals surface area contributed by atoms with E-state index in [-0.39, 0.29) is 46.2 Å². The van der Waals surface area contributed by atoms with Gasteiger partial charge in [0, 0.05) is 23.0 Å². The number of rotatable bonds is 7. The van der Waals surface area contributed by atoms with E-state index >= 15 is 0 Å². The molecular formula is C29H24F6N4O3S. The Morgan fingerprint density at radius 2 is 1.63 bits per heavy atom. The van der Waals surface area contributed by atoms with E-state index in [9.17, 15) is 34.8 Å². The van der Waals surface area contributed by atoms with E-state index in [0.29, 0.717) is 17.5 Å². The first-order chi connectivity index (χ1) is 20.2. The van der Waals surface area contributed by atoms with Gasteiger partial charge in [0.1, 0.15) is 0 Å². The van der Waals surface area contributed by atoms with Crippen LogP contribution in [0.3, 0.4) is 0 Å². The molecule has 0 aliphatic heterocycles. The number of nitrogen functional groups attached to an aromatic ring is 1. The molecule has 0 unspecified atom stereocenters. The zero-order chi connectivity index (χ0) is 31.0. The van der Waals surface area contributed by atoms with Crippen molar-refractivity contribution in [1.82, 2.24) is 9.97 Å². The molecule has 5 rings (SSSR count). The molecule has 14 heteroatoms. The van der Waals surface area contributed by atoms with Gasteiger partial charge in [0.2, 0.25) is 5.95 Å². The van der Waals surface area contributed by atoms with Crippen LogP contribution in [-0.4, -0.2) is 30.9 Å². The number of alkyl halides is 6.